The molecular formula is C13H17Cl3O3Si. The van der Waals surface area contributed by atoms with E-state index in [0.717, 1.165) is 5.56 Å². The number of ether oxygens (including phenoxy) is 1. The van der Waals surface area contributed by atoms with Crippen molar-refractivity contribution in [2.24, 2.45) is 0 Å². The lowest BCUT2D eigenvalue weighted by Gasteiger charge is -2.31. The van der Waals surface area contributed by atoms with Crippen molar-refractivity contribution < 1.29 is 14.0 Å². The normalized spacial score (nSPS) is 13.9. The molecule has 1 aromatic rings. The van der Waals surface area contributed by atoms with E-state index >= 15 is 0 Å². The van der Waals surface area contributed by atoms with Crippen LogP contribution in [0.25, 0.3) is 0 Å². The second-order valence-corrected chi connectivity index (χ2v) is 12.1. The highest BCUT2D eigenvalue weighted by atomic mass is 35.6. The topological polar surface area (TPSA) is 35.5 Å². The van der Waals surface area contributed by atoms with E-state index < -0.39 is 18.2 Å². The number of halogens is 3. The molecule has 0 fully saturated rings. The lowest BCUT2D eigenvalue weighted by atomic mass is 10.1. The quantitative estimate of drug-likeness (QED) is 0.334. The van der Waals surface area contributed by atoms with Crippen LogP contribution in [0.15, 0.2) is 24.3 Å². The Balaban J connectivity index is 3.00. The highest BCUT2D eigenvalue weighted by Crippen LogP contribution is 2.44. The van der Waals surface area contributed by atoms with Gasteiger partial charge in [-0.2, -0.15) is 0 Å². The molecule has 0 radical (unpaired) electrons. The van der Waals surface area contributed by atoms with Crippen molar-refractivity contribution in [3.8, 4) is 5.75 Å². The van der Waals surface area contributed by atoms with Crippen molar-refractivity contribution >= 4 is 49.1 Å². The second-order valence-electron chi connectivity index (χ2n) is 5.31. The van der Waals surface area contributed by atoms with Gasteiger partial charge in [-0.3, -0.25) is 4.79 Å². The molecular weight excluding hydrogens is 339 g/mol. The van der Waals surface area contributed by atoms with Gasteiger partial charge < -0.3 is 9.16 Å². The summed E-state index contributed by atoms with van der Waals surface area (Å²) in [6.07, 6.45) is -0.662. The number of carbonyl (C=O) groups is 1. The van der Waals surface area contributed by atoms with E-state index in [4.69, 9.17) is 44.0 Å². The number of rotatable bonds is 4. The molecule has 1 unspecified atom stereocenters. The summed E-state index contributed by atoms with van der Waals surface area (Å²) < 4.78 is 9.34. The van der Waals surface area contributed by atoms with E-state index in [1.54, 1.807) is 24.3 Å². The first-order valence-corrected chi connectivity index (χ1v) is 10.6. The summed E-state index contributed by atoms with van der Waals surface area (Å²) in [5, 5.41) is 0. The Morgan fingerprint density at radius 1 is 1.15 bits per heavy atom. The molecule has 0 aromatic heterocycles. The van der Waals surface area contributed by atoms with Crippen molar-refractivity contribution in [2.45, 2.75) is 36.5 Å². The van der Waals surface area contributed by atoms with E-state index in [0.29, 0.717) is 5.75 Å². The fourth-order valence-corrected chi connectivity index (χ4v) is 3.31. The molecule has 1 rings (SSSR count). The first kappa shape index (κ1) is 17.8. The highest BCUT2D eigenvalue weighted by molar-refractivity contribution is 6.71. The molecule has 0 N–H and O–H groups in total. The number of hydrogen-bond donors (Lipinski definition) is 0. The molecule has 1 atom stereocenters. The highest BCUT2D eigenvalue weighted by Gasteiger charge is 2.38. The van der Waals surface area contributed by atoms with Crippen LogP contribution in [0.4, 0.5) is 0 Å². The van der Waals surface area contributed by atoms with Crippen molar-refractivity contribution in [1.29, 1.82) is 0 Å². The van der Waals surface area contributed by atoms with Gasteiger partial charge in [0.05, 0.1) is 0 Å². The van der Waals surface area contributed by atoms with Gasteiger partial charge >= 0.3 is 5.97 Å². The summed E-state index contributed by atoms with van der Waals surface area (Å²) in [4.78, 5) is 10.9. The third-order valence-corrected chi connectivity index (χ3v) is 3.75. The molecule has 3 nitrogen and oxygen atoms in total. The average molecular weight is 356 g/mol. The maximum atomic E-state index is 10.9. The van der Waals surface area contributed by atoms with Crippen LogP contribution in [0, 0.1) is 0 Å². The molecule has 0 spiro atoms. The molecule has 0 bridgehead atoms. The van der Waals surface area contributed by atoms with Crippen molar-refractivity contribution in [3.05, 3.63) is 29.8 Å². The molecule has 0 aliphatic heterocycles. The Bertz CT molecular complexity index is 463. The Hall–Kier alpha value is -0.263. The summed E-state index contributed by atoms with van der Waals surface area (Å²) in [6, 6.07) is 6.75. The van der Waals surface area contributed by atoms with E-state index in [1.165, 1.54) is 6.92 Å². The number of benzene rings is 1. The minimum atomic E-state index is -1.89. The van der Waals surface area contributed by atoms with Crippen LogP contribution in [0.3, 0.4) is 0 Å². The molecule has 7 heteroatoms. The fourth-order valence-electron chi connectivity index (χ4n) is 1.55. The van der Waals surface area contributed by atoms with Gasteiger partial charge in [0.2, 0.25) is 3.79 Å². The Morgan fingerprint density at radius 3 is 2.00 bits per heavy atom. The smallest absolute Gasteiger partial charge is 0.308 e. The Kier molecular flexibility index (Phi) is 5.93. The third kappa shape index (κ3) is 6.02. The van der Waals surface area contributed by atoms with E-state index in [1.807, 2.05) is 19.6 Å². The van der Waals surface area contributed by atoms with Crippen molar-refractivity contribution in [2.75, 3.05) is 0 Å². The molecule has 0 saturated heterocycles. The standard InChI is InChI=1S/C13H17Cl3O3Si/c1-9(17)18-11-7-5-10(6-8-11)12(13(14,15)16)19-20(2,3)4/h5-8,12H,1-4H3. The lowest BCUT2D eigenvalue weighted by molar-refractivity contribution is -0.131. The van der Waals surface area contributed by atoms with E-state index in [2.05, 4.69) is 0 Å². The summed E-state index contributed by atoms with van der Waals surface area (Å²) in [5.74, 6) is 0.0614. The molecule has 0 saturated carbocycles. The minimum Gasteiger partial charge on any atom is -0.427 e. The monoisotopic (exact) mass is 354 g/mol. The van der Waals surface area contributed by atoms with Crippen LogP contribution in [-0.2, 0) is 9.22 Å². The molecule has 20 heavy (non-hydrogen) atoms. The summed E-state index contributed by atoms with van der Waals surface area (Å²) in [6.45, 7) is 7.39. The maximum absolute atomic E-state index is 10.9. The first-order valence-electron chi connectivity index (χ1n) is 6.02. The van der Waals surface area contributed by atoms with Gasteiger partial charge in [0.1, 0.15) is 11.9 Å². The van der Waals surface area contributed by atoms with Crippen LogP contribution < -0.4 is 4.74 Å². The van der Waals surface area contributed by atoms with Gasteiger partial charge in [-0.25, -0.2) is 0 Å². The van der Waals surface area contributed by atoms with Crippen LogP contribution in [-0.4, -0.2) is 18.1 Å². The first-order chi connectivity index (χ1) is 8.99. The number of hydrogen-bond acceptors (Lipinski definition) is 3. The van der Waals surface area contributed by atoms with Gasteiger partial charge in [-0.1, -0.05) is 46.9 Å². The lowest BCUT2D eigenvalue weighted by Crippen LogP contribution is -2.33. The SMILES string of the molecule is CC(=O)Oc1ccc(C(O[Si](C)(C)C)C(Cl)(Cl)Cl)cc1. The van der Waals surface area contributed by atoms with Gasteiger partial charge in [-0.15, -0.1) is 0 Å². The summed E-state index contributed by atoms with van der Waals surface area (Å²) in [7, 11) is -1.89. The van der Waals surface area contributed by atoms with Gasteiger partial charge in [0.25, 0.3) is 0 Å². The van der Waals surface area contributed by atoms with Crippen LogP contribution in [0.2, 0.25) is 19.6 Å². The summed E-state index contributed by atoms with van der Waals surface area (Å²) in [5.41, 5.74) is 0.725. The molecule has 112 valence electrons. The Morgan fingerprint density at radius 2 is 1.65 bits per heavy atom. The maximum Gasteiger partial charge on any atom is 0.308 e. The largest absolute Gasteiger partial charge is 0.427 e. The molecule has 0 aliphatic carbocycles. The molecule has 1 aromatic carbocycles. The number of esters is 1. The predicted molar refractivity (Wildman–Crippen MR) is 85.2 cm³/mol. The zero-order chi connectivity index (χ0) is 15.6. The molecule has 0 aliphatic rings. The second kappa shape index (κ2) is 6.67. The van der Waals surface area contributed by atoms with Crippen LogP contribution >= 0.6 is 34.8 Å². The van der Waals surface area contributed by atoms with Gasteiger partial charge in [-0.05, 0) is 37.3 Å². The van der Waals surface area contributed by atoms with Crippen molar-refractivity contribution in [3.63, 3.8) is 0 Å². The average Bonchev–Trinajstić information content (AvgIpc) is 2.24. The third-order valence-electron chi connectivity index (χ3n) is 2.21. The van der Waals surface area contributed by atoms with E-state index in [-0.39, 0.29) is 5.97 Å². The predicted octanol–water partition coefficient (Wildman–Crippen LogP) is 4.87. The van der Waals surface area contributed by atoms with Gasteiger partial charge in [0.15, 0.2) is 8.32 Å². The number of alkyl halides is 3. The zero-order valence-corrected chi connectivity index (χ0v) is 15.0. The van der Waals surface area contributed by atoms with Gasteiger partial charge in [0, 0.05) is 6.92 Å². The van der Waals surface area contributed by atoms with Crippen LogP contribution in [0.5, 0.6) is 5.75 Å². The molecule has 0 heterocycles. The van der Waals surface area contributed by atoms with E-state index in [9.17, 15) is 4.79 Å². The summed E-state index contributed by atoms with van der Waals surface area (Å²) >= 11 is 18.0. The van der Waals surface area contributed by atoms with Crippen LogP contribution in [0.1, 0.15) is 18.6 Å². The number of carbonyl (C=O) groups excluding carboxylic acids is 1. The zero-order valence-electron chi connectivity index (χ0n) is 11.7. The fraction of sp³-hybridized carbons (Fsp3) is 0.462. The minimum absolute atomic E-state index is 0.381. The Labute approximate surface area is 135 Å². The van der Waals surface area contributed by atoms with Crippen molar-refractivity contribution in [1.82, 2.24) is 0 Å². The molecule has 0 amide bonds.